The van der Waals surface area contributed by atoms with Gasteiger partial charge in [-0.3, -0.25) is 10.1 Å². The molecule has 0 aromatic heterocycles. The summed E-state index contributed by atoms with van der Waals surface area (Å²) >= 11 is 0. The molecule has 18 heavy (non-hydrogen) atoms. The second-order valence-corrected chi connectivity index (χ2v) is 4.30. The molecular formula is C13H18N2O3. The average molecular weight is 250 g/mol. The fourth-order valence-corrected chi connectivity index (χ4v) is 1.52. The van der Waals surface area contributed by atoms with E-state index >= 15 is 0 Å². The summed E-state index contributed by atoms with van der Waals surface area (Å²) in [7, 11) is 3.76. The summed E-state index contributed by atoms with van der Waals surface area (Å²) in [5.41, 5.74) is 0.426. The fourth-order valence-electron chi connectivity index (χ4n) is 1.52. The SMILES string of the molecule is CC(CN(C)C)OC(=O)NC(=O)c1ccccc1. The number of nitrogens with one attached hydrogen (secondary N) is 1. The summed E-state index contributed by atoms with van der Waals surface area (Å²) in [4.78, 5) is 25.0. The first-order chi connectivity index (χ1) is 8.49. The minimum Gasteiger partial charge on any atom is -0.445 e. The maximum atomic E-state index is 11.6. The van der Waals surface area contributed by atoms with Gasteiger partial charge in [0.15, 0.2) is 0 Å². The lowest BCUT2D eigenvalue weighted by molar-refractivity contribution is 0.0794. The predicted octanol–water partition coefficient (Wildman–Crippen LogP) is 1.50. The van der Waals surface area contributed by atoms with Gasteiger partial charge >= 0.3 is 6.09 Å². The van der Waals surface area contributed by atoms with Gasteiger partial charge in [0.05, 0.1) is 0 Å². The molecule has 0 spiro atoms. The van der Waals surface area contributed by atoms with Gasteiger partial charge in [0.1, 0.15) is 6.10 Å². The van der Waals surface area contributed by atoms with E-state index in [0.29, 0.717) is 12.1 Å². The first-order valence-electron chi connectivity index (χ1n) is 5.71. The van der Waals surface area contributed by atoms with Gasteiger partial charge in [-0.05, 0) is 33.2 Å². The van der Waals surface area contributed by atoms with E-state index in [1.54, 1.807) is 37.3 Å². The third kappa shape index (κ3) is 4.97. The second kappa shape index (κ2) is 6.76. The molecule has 5 heteroatoms. The Bertz CT molecular complexity index is 404. The number of hydrogen-bond donors (Lipinski definition) is 1. The van der Waals surface area contributed by atoms with E-state index in [-0.39, 0.29) is 6.10 Å². The zero-order valence-electron chi connectivity index (χ0n) is 10.8. The maximum Gasteiger partial charge on any atom is 0.414 e. The van der Waals surface area contributed by atoms with Crippen LogP contribution in [0.4, 0.5) is 4.79 Å². The number of amides is 2. The second-order valence-electron chi connectivity index (χ2n) is 4.30. The van der Waals surface area contributed by atoms with Gasteiger partial charge < -0.3 is 9.64 Å². The van der Waals surface area contributed by atoms with Crippen molar-refractivity contribution in [3.05, 3.63) is 35.9 Å². The zero-order chi connectivity index (χ0) is 13.5. The molecule has 2 amide bonds. The van der Waals surface area contributed by atoms with Crippen LogP contribution in [0.5, 0.6) is 0 Å². The summed E-state index contributed by atoms with van der Waals surface area (Å²) in [5.74, 6) is -0.461. The van der Waals surface area contributed by atoms with E-state index in [0.717, 1.165) is 0 Å². The maximum absolute atomic E-state index is 11.6. The number of benzene rings is 1. The normalized spacial score (nSPS) is 12.0. The molecule has 1 unspecified atom stereocenters. The summed E-state index contributed by atoms with van der Waals surface area (Å²) in [6.45, 7) is 2.37. The third-order valence-electron chi connectivity index (χ3n) is 2.18. The van der Waals surface area contributed by atoms with Crippen molar-refractivity contribution in [3.63, 3.8) is 0 Å². The summed E-state index contributed by atoms with van der Waals surface area (Å²) < 4.78 is 5.04. The van der Waals surface area contributed by atoms with Gasteiger partial charge in [0.2, 0.25) is 0 Å². The Kier molecular flexibility index (Phi) is 5.32. The van der Waals surface area contributed by atoms with Gasteiger partial charge in [0, 0.05) is 12.1 Å². The highest BCUT2D eigenvalue weighted by molar-refractivity contribution is 6.02. The molecule has 0 aliphatic carbocycles. The van der Waals surface area contributed by atoms with Crippen LogP contribution in [0, 0.1) is 0 Å². The number of carbonyl (C=O) groups excluding carboxylic acids is 2. The van der Waals surface area contributed by atoms with Crippen LogP contribution in [0.2, 0.25) is 0 Å². The lowest BCUT2D eigenvalue weighted by atomic mass is 10.2. The van der Waals surface area contributed by atoms with E-state index in [1.165, 1.54) is 0 Å². The van der Waals surface area contributed by atoms with Crippen molar-refractivity contribution in [2.24, 2.45) is 0 Å². The summed E-state index contributed by atoms with van der Waals surface area (Å²) in [5, 5.41) is 2.18. The lowest BCUT2D eigenvalue weighted by Crippen LogP contribution is -2.36. The van der Waals surface area contributed by atoms with Gasteiger partial charge in [-0.15, -0.1) is 0 Å². The molecular weight excluding hydrogens is 232 g/mol. The number of rotatable bonds is 4. The Morgan fingerprint density at radius 3 is 2.44 bits per heavy atom. The minimum atomic E-state index is -0.724. The molecule has 5 nitrogen and oxygen atoms in total. The molecule has 1 atom stereocenters. The van der Waals surface area contributed by atoms with Gasteiger partial charge in [0.25, 0.3) is 5.91 Å². The van der Waals surface area contributed by atoms with Crippen LogP contribution in [-0.2, 0) is 4.74 Å². The molecule has 0 fully saturated rings. The minimum absolute atomic E-state index is 0.274. The van der Waals surface area contributed by atoms with Crippen molar-refractivity contribution in [3.8, 4) is 0 Å². The molecule has 98 valence electrons. The topological polar surface area (TPSA) is 58.6 Å². The van der Waals surface area contributed by atoms with Crippen LogP contribution in [-0.4, -0.2) is 43.6 Å². The quantitative estimate of drug-likeness (QED) is 0.879. The fraction of sp³-hybridized carbons (Fsp3) is 0.385. The van der Waals surface area contributed by atoms with Crippen LogP contribution in [0.15, 0.2) is 30.3 Å². The van der Waals surface area contributed by atoms with E-state index in [1.807, 2.05) is 19.0 Å². The van der Waals surface area contributed by atoms with Gasteiger partial charge in [-0.25, -0.2) is 4.79 Å². The van der Waals surface area contributed by atoms with Crippen LogP contribution in [0.1, 0.15) is 17.3 Å². The number of carbonyl (C=O) groups is 2. The molecule has 0 radical (unpaired) electrons. The Balaban J connectivity index is 2.43. The van der Waals surface area contributed by atoms with E-state index < -0.39 is 12.0 Å². The largest absolute Gasteiger partial charge is 0.445 e. The highest BCUT2D eigenvalue weighted by Crippen LogP contribution is 1.99. The molecule has 1 rings (SSSR count). The summed E-state index contributed by atoms with van der Waals surface area (Å²) in [6.07, 6.45) is -0.998. The molecule has 0 heterocycles. The number of alkyl carbamates (subject to hydrolysis) is 1. The van der Waals surface area contributed by atoms with Gasteiger partial charge in [-0.2, -0.15) is 0 Å². The van der Waals surface area contributed by atoms with E-state index in [4.69, 9.17) is 4.74 Å². The standard InChI is InChI=1S/C13H18N2O3/c1-10(9-15(2)3)18-13(17)14-12(16)11-7-5-4-6-8-11/h4-8,10H,9H2,1-3H3,(H,14,16,17). The van der Waals surface area contributed by atoms with Crippen molar-refractivity contribution in [1.29, 1.82) is 0 Å². The summed E-state index contributed by atoms with van der Waals surface area (Å²) in [6, 6.07) is 8.52. The molecule has 0 saturated heterocycles. The van der Waals surface area contributed by atoms with Crippen LogP contribution < -0.4 is 5.32 Å². The van der Waals surface area contributed by atoms with E-state index in [2.05, 4.69) is 5.32 Å². The third-order valence-corrected chi connectivity index (χ3v) is 2.18. The molecule has 1 N–H and O–H groups in total. The number of ether oxygens (including phenoxy) is 1. The molecule has 1 aromatic rings. The Labute approximate surface area is 107 Å². The smallest absolute Gasteiger partial charge is 0.414 e. The molecule has 0 aliphatic rings. The molecule has 1 aromatic carbocycles. The Hall–Kier alpha value is -1.88. The van der Waals surface area contributed by atoms with Crippen LogP contribution in [0.25, 0.3) is 0 Å². The molecule has 0 bridgehead atoms. The van der Waals surface area contributed by atoms with Crippen LogP contribution >= 0.6 is 0 Å². The number of nitrogens with zero attached hydrogens (tertiary/aromatic N) is 1. The first kappa shape index (κ1) is 14.2. The Morgan fingerprint density at radius 1 is 1.28 bits per heavy atom. The lowest BCUT2D eigenvalue weighted by Gasteiger charge is -2.17. The van der Waals surface area contributed by atoms with Crippen molar-refractivity contribution >= 4 is 12.0 Å². The van der Waals surface area contributed by atoms with Crippen LogP contribution in [0.3, 0.4) is 0 Å². The van der Waals surface area contributed by atoms with E-state index in [9.17, 15) is 9.59 Å². The number of imide groups is 1. The van der Waals surface area contributed by atoms with Crippen molar-refractivity contribution in [2.75, 3.05) is 20.6 Å². The molecule has 0 saturated carbocycles. The van der Waals surface area contributed by atoms with Gasteiger partial charge in [-0.1, -0.05) is 18.2 Å². The number of hydrogen-bond acceptors (Lipinski definition) is 4. The predicted molar refractivity (Wildman–Crippen MR) is 68.4 cm³/mol. The Morgan fingerprint density at radius 2 is 1.89 bits per heavy atom. The highest BCUT2D eigenvalue weighted by Gasteiger charge is 2.14. The van der Waals surface area contributed by atoms with Crippen molar-refractivity contribution < 1.29 is 14.3 Å². The highest BCUT2D eigenvalue weighted by atomic mass is 16.6. The first-order valence-corrected chi connectivity index (χ1v) is 5.71. The number of likely N-dealkylation sites (N-methyl/N-ethyl adjacent to an activating group) is 1. The average Bonchev–Trinajstić information content (AvgIpc) is 2.28. The van der Waals surface area contributed by atoms with Crippen molar-refractivity contribution in [1.82, 2.24) is 10.2 Å². The monoisotopic (exact) mass is 250 g/mol. The van der Waals surface area contributed by atoms with Crippen molar-refractivity contribution in [2.45, 2.75) is 13.0 Å². The zero-order valence-corrected chi connectivity index (χ0v) is 10.8. The molecule has 0 aliphatic heterocycles.